The van der Waals surface area contributed by atoms with E-state index in [1.807, 2.05) is 30.3 Å². The second-order valence-electron chi connectivity index (χ2n) is 6.39. The van der Waals surface area contributed by atoms with Crippen LogP contribution in [0, 0.1) is 5.92 Å². The fraction of sp³-hybridized carbons (Fsp3) is 0.263. The lowest BCUT2D eigenvalue weighted by Crippen LogP contribution is -2.44. The zero-order chi connectivity index (χ0) is 20.3. The van der Waals surface area contributed by atoms with Gasteiger partial charge in [-0.15, -0.1) is 11.3 Å². The molecule has 0 aliphatic carbocycles. The Morgan fingerprint density at radius 3 is 2.54 bits per heavy atom. The van der Waals surface area contributed by atoms with Gasteiger partial charge in [-0.25, -0.2) is 13.4 Å². The highest BCUT2D eigenvalue weighted by atomic mass is 32.2. The molecule has 0 fully saturated rings. The Balaban J connectivity index is 1.87. The van der Waals surface area contributed by atoms with E-state index in [-0.39, 0.29) is 10.8 Å². The van der Waals surface area contributed by atoms with E-state index in [0.29, 0.717) is 0 Å². The second-order valence-corrected chi connectivity index (χ2v) is 10.5. The Morgan fingerprint density at radius 2 is 1.89 bits per heavy atom. The number of nitrogens with zero attached hydrogens (tertiary/aromatic N) is 1. The smallest absolute Gasteiger partial charge is 0.324 e. The van der Waals surface area contributed by atoms with Crippen LogP contribution in [0.25, 0.3) is 10.2 Å². The number of hydrogen-bond acceptors (Lipinski definition) is 7. The van der Waals surface area contributed by atoms with Crippen LogP contribution in [0.1, 0.15) is 13.8 Å². The van der Waals surface area contributed by atoms with E-state index in [9.17, 15) is 13.2 Å². The van der Waals surface area contributed by atoms with Crippen LogP contribution >= 0.6 is 23.1 Å². The minimum absolute atomic E-state index is 0.0921. The van der Waals surface area contributed by atoms with Gasteiger partial charge < -0.3 is 4.74 Å². The van der Waals surface area contributed by atoms with E-state index in [0.717, 1.165) is 19.5 Å². The standard InChI is InChI=1S/C19H20N2O4S3/c1-12(2)17(18(22)25-3)21-28(23,24)14-9-10-15-16(11-14)27-19(20-15)26-13-7-5-4-6-8-13/h4-12,17,21H,1-3H3/t17-/m1/s1. The van der Waals surface area contributed by atoms with Gasteiger partial charge >= 0.3 is 5.97 Å². The van der Waals surface area contributed by atoms with E-state index < -0.39 is 22.0 Å². The zero-order valence-corrected chi connectivity index (χ0v) is 18.0. The minimum Gasteiger partial charge on any atom is -0.468 e. The Kier molecular flexibility index (Phi) is 6.39. The predicted molar refractivity (Wildman–Crippen MR) is 111 cm³/mol. The van der Waals surface area contributed by atoms with E-state index in [1.54, 1.807) is 26.0 Å². The van der Waals surface area contributed by atoms with Gasteiger partial charge in [0.1, 0.15) is 6.04 Å². The molecular formula is C19H20N2O4S3. The molecule has 0 saturated carbocycles. The highest BCUT2D eigenvalue weighted by molar-refractivity contribution is 8.01. The molecule has 3 aromatic rings. The summed E-state index contributed by atoms with van der Waals surface area (Å²) in [6.07, 6.45) is 0. The molecule has 0 unspecified atom stereocenters. The van der Waals surface area contributed by atoms with Crippen molar-refractivity contribution in [2.45, 2.75) is 34.0 Å². The molecule has 1 heterocycles. The first-order chi connectivity index (χ1) is 13.3. The van der Waals surface area contributed by atoms with Crippen LogP contribution in [0.2, 0.25) is 0 Å². The van der Waals surface area contributed by atoms with Crippen molar-refractivity contribution in [1.29, 1.82) is 0 Å². The summed E-state index contributed by atoms with van der Waals surface area (Å²) in [7, 11) is -2.64. The monoisotopic (exact) mass is 436 g/mol. The fourth-order valence-corrected chi connectivity index (χ4v) is 6.04. The minimum atomic E-state index is -3.88. The summed E-state index contributed by atoms with van der Waals surface area (Å²) >= 11 is 2.96. The molecule has 9 heteroatoms. The summed E-state index contributed by atoms with van der Waals surface area (Å²) in [6.45, 7) is 3.51. The molecule has 0 saturated heterocycles. The van der Waals surface area contributed by atoms with E-state index in [1.165, 1.54) is 36.3 Å². The number of carbonyl (C=O) groups is 1. The molecule has 0 radical (unpaired) electrons. The SMILES string of the molecule is COC(=O)[C@H](NS(=O)(=O)c1ccc2nc(Sc3ccccc3)sc2c1)C(C)C. The first-order valence-electron chi connectivity index (χ1n) is 8.54. The van der Waals surface area contributed by atoms with Crippen LogP contribution in [0.4, 0.5) is 0 Å². The van der Waals surface area contributed by atoms with Crippen LogP contribution in [-0.2, 0) is 19.6 Å². The van der Waals surface area contributed by atoms with Gasteiger partial charge in [-0.05, 0) is 36.2 Å². The summed E-state index contributed by atoms with van der Waals surface area (Å²) in [5.41, 5.74) is 0.732. The molecule has 1 N–H and O–H groups in total. The van der Waals surface area contributed by atoms with E-state index >= 15 is 0 Å². The lowest BCUT2D eigenvalue weighted by Gasteiger charge is -2.19. The number of fused-ring (bicyclic) bond motifs is 1. The molecule has 2 aromatic carbocycles. The van der Waals surface area contributed by atoms with Gasteiger partial charge in [0.25, 0.3) is 0 Å². The summed E-state index contributed by atoms with van der Waals surface area (Å²) in [6, 6.07) is 13.7. The summed E-state index contributed by atoms with van der Waals surface area (Å²) in [4.78, 5) is 17.6. The first kappa shape index (κ1) is 20.8. The Morgan fingerprint density at radius 1 is 1.18 bits per heavy atom. The molecule has 1 atom stereocenters. The molecular weight excluding hydrogens is 416 g/mol. The van der Waals surface area contributed by atoms with Gasteiger partial charge in [0, 0.05) is 4.90 Å². The normalized spacial score (nSPS) is 13.0. The Labute approximate surface area is 172 Å². The first-order valence-corrected chi connectivity index (χ1v) is 11.7. The molecule has 0 spiro atoms. The molecule has 0 aliphatic heterocycles. The predicted octanol–water partition coefficient (Wildman–Crippen LogP) is 3.92. The molecule has 28 heavy (non-hydrogen) atoms. The van der Waals surface area contributed by atoms with Gasteiger partial charge in [-0.1, -0.05) is 43.8 Å². The number of rotatable bonds is 7. The third-order valence-corrected chi connectivity index (χ3v) is 7.53. The molecule has 148 valence electrons. The number of hydrogen-bond donors (Lipinski definition) is 1. The quantitative estimate of drug-likeness (QED) is 0.565. The highest BCUT2D eigenvalue weighted by Gasteiger charge is 2.29. The number of methoxy groups -OCH3 is 1. The molecule has 0 bridgehead atoms. The molecule has 6 nitrogen and oxygen atoms in total. The van der Waals surface area contributed by atoms with Crippen molar-refractivity contribution in [3.05, 3.63) is 48.5 Å². The average molecular weight is 437 g/mol. The number of benzene rings is 2. The third kappa shape index (κ3) is 4.72. The van der Waals surface area contributed by atoms with Crippen LogP contribution in [0.15, 0.2) is 62.7 Å². The van der Waals surface area contributed by atoms with Gasteiger partial charge in [0.15, 0.2) is 4.34 Å². The largest absolute Gasteiger partial charge is 0.468 e. The Hall–Kier alpha value is -1.94. The van der Waals surface area contributed by atoms with E-state index in [2.05, 4.69) is 9.71 Å². The lowest BCUT2D eigenvalue weighted by molar-refractivity contribution is -0.143. The van der Waals surface area contributed by atoms with Crippen molar-refractivity contribution in [3.63, 3.8) is 0 Å². The zero-order valence-electron chi connectivity index (χ0n) is 15.6. The number of ether oxygens (including phenoxy) is 1. The highest BCUT2D eigenvalue weighted by Crippen LogP contribution is 2.35. The maximum absolute atomic E-state index is 12.8. The third-order valence-electron chi connectivity index (χ3n) is 4.00. The molecule has 0 aliphatic rings. The molecule has 1 aromatic heterocycles. The van der Waals surface area contributed by atoms with Gasteiger partial charge in [0.05, 0.1) is 22.2 Å². The van der Waals surface area contributed by atoms with Gasteiger partial charge in [-0.3, -0.25) is 4.79 Å². The number of esters is 1. The van der Waals surface area contributed by atoms with E-state index in [4.69, 9.17) is 4.74 Å². The van der Waals surface area contributed by atoms with Crippen molar-refractivity contribution in [3.8, 4) is 0 Å². The van der Waals surface area contributed by atoms with Crippen molar-refractivity contribution >= 4 is 49.3 Å². The topological polar surface area (TPSA) is 85.4 Å². The summed E-state index contributed by atoms with van der Waals surface area (Å²) in [5, 5.41) is 0. The maximum Gasteiger partial charge on any atom is 0.324 e. The van der Waals surface area contributed by atoms with Crippen molar-refractivity contribution in [2.75, 3.05) is 7.11 Å². The number of sulfonamides is 1. The van der Waals surface area contributed by atoms with Crippen LogP contribution in [-0.4, -0.2) is 32.5 Å². The number of thiazole rings is 1. The van der Waals surface area contributed by atoms with Crippen LogP contribution in [0.3, 0.4) is 0 Å². The second kappa shape index (κ2) is 8.60. The lowest BCUT2D eigenvalue weighted by atomic mass is 10.1. The van der Waals surface area contributed by atoms with Crippen LogP contribution in [0.5, 0.6) is 0 Å². The average Bonchev–Trinajstić information content (AvgIpc) is 3.07. The van der Waals surface area contributed by atoms with Crippen molar-refractivity contribution in [2.24, 2.45) is 5.92 Å². The van der Waals surface area contributed by atoms with Crippen molar-refractivity contribution < 1.29 is 17.9 Å². The number of carbonyl (C=O) groups excluding carboxylic acids is 1. The van der Waals surface area contributed by atoms with Crippen molar-refractivity contribution in [1.82, 2.24) is 9.71 Å². The number of nitrogens with one attached hydrogen (secondary N) is 1. The summed E-state index contributed by atoms with van der Waals surface area (Å²) in [5.74, 6) is -0.859. The Bertz CT molecular complexity index is 1080. The maximum atomic E-state index is 12.8. The molecule has 0 amide bonds. The summed E-state index contributed by atoms with van der Waals surface area (Å²) < 4.78 is 34.3. The number of aromatic nitrogens is 1. The van der Waals surface area contributed by atoms with Gasteiger partial charge in [0.2, 0.25) is 10.0 Å². The molecule has 3 rings (SSSR count). The van der Waals surface area contributed by atoms with Gasteiger partial charge in [-0.2, -0.15) is 4.72 Å². The fourth-order valence-electron chi connectivity index (χ4n) is 2.50. The van der Waals surface area contributed by atoms with Crippen LogP contribution < -0.4 is 4.72 Å².